The van der Waals surface area contributed by atoms with Gasteiger partial charge >= 0.3 is 5.97 Å². The van der Waals surface area contributed by atoms with Crippen LogP contribution in [0, 0.1) is 0 Å². The number of phenols is 2. The van der Waals surface area contributed by atoms with Crippen LogP contribution in [0.15, 0.2) is 24.3 Å². The number of rotatable bonds is 1. The Bertz CT molecular complexity index is 281. The van der Waals surface area contributed by atoms with Crippen LogP contribution in [0.4, 0.5) is 0 Å². The summed E-state index contributed by atoms with van der Waals surface area (Å²) in [7, 11) is 0. The monoisotopic (exact) mass is 199 g/mol. The number of carboxylic acid groups (broad SMARTS) is 1. The average Bonchev–Trinajstić information content (AvgIpc) is 2.04. The zero-order valence-electron chi connectivity index (χ0n) is 7.71. The molecule has 1 unspecified atom stereocenters. The predicted octanol–water partition coefficient (Wildman–Crippen LogP) is 0.516. The van der Waals surface area contributed by atoms with E-state index in [-0.39, 0.29) is 11.5 Å². The van der Waals surface area contributed by atoms with E-state index < -0.39 is 12.0 Å². The molecule has 5 heteroatoms. The zero-order valence-corrected chi connectivity index (χ0v) is 7.71. The van der Waals surface area contributed by atoms with E-state index in [1.165, 1.54) is 25.1 Å². The van der Waals surface area contributed by atoms with Crippen molar-refractivity contribution in [2.75, 3.05) is 0 Å². The van der Waals surface area contributed by atoms with E-state index in [2.05, 4.69) is 0 Å². The Labute approximate surface area is 81.4 Å². The van der Waals surface area contributed by atoms with Gasteiger partial charge in [0.15, 0.2) is 0 Å². The summed E-state index contributed by atoms with van der Waals surface area (Å²) < 4.78 is 0. The van der Waals surface area contributed by atoms with E-state index in [1.54, 1.807) is 6.07 Å². The van der Waals surface area contributed by atoms with Gasteiger partial charge in [0, 0.05) is 6.07 Å². The summed E-state index contributed by atoms with van der Waals surface area (Å²) in [6, 6.07) is 5.12. The molecule has 0 heterocycles. The van der Waals surface area contributed by atoms with E-state index in [1.807, 2.05) is 0 Å². The van der Waals surface area contributed by atoms with Gasteiger partial charge in [0.05, 0.1) is 0 Å². The number of carbonyl (C=O) groups is 1. The third kappa shape index (κ3) is 5.84. The Kier molecular flexibility index (Phi) is 5.09. The molecule has 0 aliphatic rings. The van der Waals surface area contributed by atoms with Gasteiger partial charge in [-0.1, -0.05) is 6.07 Å². The van der Waals surface area contributed by atoms with Gasteiger partial charge in [-0.05, 0) is 19.1 Å². The van der Waals surface area contributed by atoms with Gasteiger partial charge in [-0.2, -0.15) is 0 Å². The van der Waals surface area contributed by atoms with E-state index in [0.29, 0.717) is 0 Å². The maximum Gasteiger partial charge on any atom is 0.320 e. The number of nitrogens with two attached hydrogens (primary N) is 1. The third-order valence-electron chi connectivity index (χ3n) is 1.22. The van der Waals surface area contributed by atoms with Gasteiger partial charge < -0.3 is 21.1 Å². The van der Waals surface area contributed by atoms with Gasteiger partial charge in [0.2, 0.25) is 0 Å². The second kappa shape index (κ2) is 5.82. The minimum absolute atomic E-state index is 0.0880. The molecule has 14 heavy (non-hydrogen) atoms. The molecule has 0 aliphatic heterocycles. The Balaban J connectivity index is 0.000000255. The second-order valence-electron chi connectivity index (χ2n) is 2.65. The standard InChI is InChI=1S/C6H6O2.C3H7NO2/c7-5-2-1-3-6(8)4-5;1-2(4)3(5)6/h1-4,7-8H;2H,4H2,1H3,(H,5,6). The number of aliphatic carboxylic acids is 1. The Morgan fingerprint density at radius 2 is 1.71 bits per heavy atom. The van der Waals surface area contributed by atoms with Gasteiger partial charge in [0.1, 0.15) is 17.5 Å². The van der Waals surface area contributed by atoms with Crippen LogP contribution in [0.1, 0.15) is 6.92 Å². The van der Waals surface area contributed by atoms with Crippen molar-refractivity contribution < 1.29 is 20.1 Å². The van der Waals surface area contributed by atoms with Crippen molar-refractivity contribution in [1.82, 2.24) is 0 Å². The lowest BCUT2D eigenvalue weighted by Crippen LogP contribution is -2.25. The highest BCUT2D eigenvalue weighted by molar-refractivity contribution is 5.72. The lowest BCUT2D eigenvalue weighted by atomic mass is 10.3. The van der Waals surface area contributed by atoms with Crippen LogP contribution in [0.3, 0.4) is 0 Å². The SMILES string of the molecule is CC(N)C(=O)O.Oc1cccc(O)c1. The van der Waals surface area contributed by atoms with Crippen molar-refractivity contribution in [2.24, 2.45) is 5.73 Å². The molecule has 0 amide bonds. The fourth-order valence-corrected chi connectivity index (χ4v) is 0.493. The number of phenolic OH excluding ortho intramolecular Hbond substituents is 2. The smallest absolute Gasteiger partial charge is 0.320 e. The lowest BCUT2D eigenvalue weighted by molar-refractivity contribution is -0.138. The summed E-state index contributed by atoms with van der Waals surface area (Å²) in [5.41, 5.74) is 4.84. The second-order valence-corrected chi connectivity index (χ2v) is 2.65. The molecular weight excluding hydrogens is 186 g/mol. The molecule has 0 spiro atoms. The van der Waals surface area contributed by atoms with Crippen molar-refractivity contribution in [1.29, 1.82) is 0 Å². The number of hydrogen-bond donors (Lipinski definition) is 4. The summed E-state index contributed by atoms with van der Waals surface area (Å²) in [6.07, 6.45) is 0. The predicted molar refractivity (Wildman–Crippen MR) is 51.1 cm³/mol. The van der Waals surface area contributed by atoms with E-state index in [0.717, 1.165) is 0 Å². The maximum absolute atomic E-state index is 9.57. The summed E-state index contributed by atoms with van der Waals surface area (Å²) >= 11 is 0. The Morgan fingerprint density at radius 1 is 1.36 bits per heavy atom. The third-order valence-corrected chi connectivity index (χ3v) is 1.22. The molecule has 5 nitrogen and oxygen atoms in total. The number of aromatic hydroxyl groups is 2. The van der Waals surface area contributed by atoms with Crippen LogP contribution >= 0.6 is 0 Å². The summed E-state index contributed by atoms with van der Waals surface area (Å²) in [5, 5.41) is 25.2. The van der Waals surface area contributed by atoms with E-state index in [4.69, 9.17) is 21.1 Å². The van der Waals surface area contributed by atoms with E-state index in [9.17, 15) is 4.79 Å². The number of benzene rings is 1. The van der Waals surface area contributed by atoms with Crippen LogP contribution in [0.5, 0.6) is 11.5 Å². The van der Waals surface area contributed by atoms with Crippen LogP contribution in [-0.2, 0) is 4.79 Å². The largest absolute Gasteiger partial charge is 0.508 e. The number of hydrogen-bond acceptors (Lipinski definition) is 4. The minimum Gasteiger partial charge on any atom is -0.508 e. The highest BCUT2D eigenvalue weighted by atomic mass is 16.4. The fraction of sp³-hybridized carbons (Fsp3) is 0.222. The zero-order chi connectivity index (χ0) is 11.1. The quantitative estimate of drug-likeness (QED) is 0.527. The summed E-state index contributed by atoms with van der Waals surface area (Å²) in [6.45, 7) is 1.42. The van der Waals surface area contributed by atoms with Crippen molar-refractivity contribution in [3.63, 3.8) is 0 Å². The molecule has 0 bridgehead atoms. The average molecular weight is 199 g/mol. The first-order valence-electron chi connectivity index (χ1n) is 3.90. The van der Waals surface area contributed by atoms with Crippen molar-refractivity contribution in [3.8, 4) is 11.5 Å². The molecule has 1 atom stereocenters. The summed E-state index contributed by atoms with van der Waals surface area (Å²) in [5.74, 6) is -0.787. The fourth-order valence-electron chi connectivity index (χ4n) is 0.493. The first-order valence-corrected chi connectivity index (χ1v) is 3.90. The molecule has 5 N–H and O–H groups in total. The number of carboxylic acids is 1. The van der Waals surface area contributed by atoms with Crippen molar-refractivity contribution >= 4 is 5.97 Å². The van der Waals surface area contributed by atoms with Crippen LogP contribution in [0.2, 0.25) is 0 Å². The minimum atomic E-state index is -0.963. The molecule has 0 aromatic heterocycles. The first-order chi connectivity index (χ1) is 6.43. The van der Waals surface area contributed by atoms with Crippen LogP contribution in [-0.4, -0.2) is 27.3 Å². The molecule has 1 aromatic rings. The van der Waals surface area contributed by atoms with Crippen LogP contribution < -0.4 is 5.73 Å². The molecule has 0 saturated heterocycles. The molecule has 0 fully saturated rings. The molecule has 78 valence electrons. The van der Waals surface area contributed by atoms with Gasteiger partial charge in [-0.3, -0.25) is 4.79 Å². The van der Waals surface area contributed by atoms with Gasteiger partial charge in [0.25, 0.3) is 0 Å². The van der Waals surface area contributed by atoms with Crippen molar-refractivity contribution in [3.05, 3.63) is 24.3 Å². The van der Waals surface area contributed by atoms with E-state index >= 15 is 0 Å². The topological polar surface area (TPSA) is 104 Å². The Morgan fingerprint density at radius 3 is 1.86 bits per heavy atom. The van der Waals surface area contributed by atoms with Gasteiger partial charge in [-0.25, -0.2) is 0 Å². The lowest BCUT2D eigenvalue weighted by Gasteiger charge is -1.90. The highest BCUT2D eigenvalue weighted by Crippen LogP contribution is 2.14. The van der Waals surface area contributed by atoms with Gasteiger partial charge in [-0.15, -0.1) is 0 Å². The molecule has 1 aromatic carbocycles. The summed E-state index contributed by atoms with van der Waals surface area (Å²) in [4.78, 5) is 9.57. The van der Waals surface area contributed by atoms with Crippen LogP contribution in [0.25, 0.3) is 0 Å². The van der Waals surface area contributed by atoms with Crippen molar-refractivity contribution in [2.45, 2.75) is 13.0 Å². The molecule has 1 rings (SSSR count). The first kappa shape index (κ1) is 12.2. The highest BCUT2D eigenvalue weighted by Gasteiger charge is 1.99. The maximum atomic E-state index is 9.57. The molecule has 0 saturated carbocycles. The molecule has 0 aliphatic carbocycles. The Hall–Kier alpha value is -1.75. The molecule has 0 radical (unpaired) electrons. The molecular formula is C9H13NO4. The normalized spacial score (nSPS) is 11.0.